The molecule has 1 aliphatic rings. The number of methoxy groups -OCH3 is 1. The van der Waals surface area contributed by atoms with Crippen LogP contribution in [0, 0.1) is 0 Å². The van der Waals surface area contributed by atoms with Crippen LogP contribution in [0.15, 0.2) is 67.3 Å². The van der Waals surface area contributed by atoms with Gasteiger partial charge in [0.15, 0.2) is 11.5 Å². The lowest BCUT2D eigenvalue weighted by atomic mass is 10.2. The summed E-state index contributed by atoms with van der Waals surface area (Å²) in [4.78, 5) is 17.0. The van der Waals surface area contributed by atoms with Crippen LogP contribution in [0.3, 0.4) is 0 Å². The van der Waals surface area contributed by atoms with E-state index in [0.717, 1.165) is 44.7 Å². The van der Waals surface area contributed by atoms with Crippen LogP contribution in [0.25, 0.3) is 6.08 Å². The van der Waals surface area contributed by atoms with E-state index in [9.17, 15) is 4.79 Å². The van der Waals surface area contributed by atoms with Crippen molar-refractivity contribution in [1.29, 1.82) is 0 Å². The van der Waals surface area contributed by atoms with Crippen LogP contribution in [0.5, 0.6) is 11.5 Å². The number of nitrogens with one attached hydrogen (secondary N) is 1. The highest BCUT2D eigenvalue weighted by molar-refractivity contribution is 5.91. The van der Waals surface area contributed by atoms with E-state index in [2.05, 4.69) is 52.0 Å². The summed E-state index contributed by atoms with van der Waals surface area (Å²) in [6.07, 6.45) is 5.95. The van der Waals surface area contributed by atoms with Crippen molar-refractivity contribution in [2.24, 2.45) is 0 Å². The molecule has 1 amide bonds. The molecule has 1 heterocycles. The zero-order chi connectivity index (χ0) is 22.6. The normalized spacial score (nSPS) is 14.3. The Morgan fingerprint density at radius 1 is 1.09 bits per heavy atom. The second-order valence-electron chi connectivity index (χ2n) is 7.65. The maximum Gasteiger partial charge on any atom is 0.243 e. The first-order valence-electron chi connectivity index (χ1n) is 11.1. The number of hydrogen-bond acceptors (Lipinski definition) is 5. The summed E-state index contributed by atoms with van der Waals surface area (Å²) >= 11 is 0. The SMILES string of the molecule is C=CCOc1ccc(/C=C/C(=O)NCCCN2CCN(c3ccccc3)CC2)cc1OC. The molecule has 6 heteroatoms. The lowest BCUT2D eigenvalue weighted by molar-refractivity contribution is -0.116. The minimum Gasteiger partial charge on any atom is -0.493 e. The molecule has 0 unspecified atom stereocenters. The number of piperazine rings is 1. The van der Waals surface area contributed by atoms with Crippen molar-refractivity contribution in [3.63, 3.8) is 0 Å². The Hall–Kier alpha value is -3.25. The molecule has 0 atom stereocenters. The Labute approximate surface area is 191 Å². The quantitative estimate of drug-likeness (QED) is 0.332. The molecule has 0 aliphatic carbocycles. The molecule has 1 fully saturated rings. The second kappa shape index (κ2) is 12.6. The molecule has 0 radical (unpaired) electrons. The third kappa shape index (κ3) is 7.17. The minimum atomic E-state index is -0.0927. The lowest BCUT2D eigenvalue weighted by Gasteiger charge is -2.36. The number of benzene rings is 2. The van der Waals surface area contributed by atoms with Gasteiger partial charge in [-0.3, -0.25) is 9.69 Å². The molecule has 32 heavy (non-hydrogen) atoms. The Bertz CT molecular complexity index is 890. The van der Waals surface area contributed by atoms with Crippen molar-refractivity contribution in [2.75, 3.05) is 57.9 Å². The van der Waals surface area contributed by atoms with Gasteiger partial charge in [-0.15, -0.1) is 0 Å². The van der Waals surface area contributed by atoms with Gasteiger partial charge in [0.1, 0.15) is 6.61 Å². The van der Waals surface area contributed by atoms with E-state index in [1.807, 2.05) is 18.2 Å². The van der Waals surface area contributed by atoms with Gasteiger partial charge in [-0.2, -0.15) is 0 Å². The molecule has 0 bridgehead atoms. The van der Waals surface area contributed by atoms with Crippen LogP contribution in [-0.2, 0) is 4.79 Å². The number of para-hydroxylation sites is 1. The zero-order valence-corrected chi connectivity index (χ0v) is 18.8. The van der Waals surface area contributed by atoms with E-state index in [1.165, 1.54) is 5.69 Å². The van der Waals surface area contributed by atoms with Gasteiger partial charge in [0.2, 0.25) is 5.91 Å². The summed E-state index contributed by atoms with van der Waals surface area (Å²) < 4.78 is 10.9. The molecule has 0 aromatic heterocycles. The number of amides is 1. The zero-order valence-electron chi connectivity index (χ0n) is 18.8. The number of nitrogens with zero attached hydrogens (tertiary/aromatic N) is 2. The van der Waals surface area contributed by atoms with E-state index in [1.54, 1.807) is 25.3 Å². The third-order valence-corrected chi connectivity index (χ3v) is 5.42. The van der Waals surface area contributed by atoms with Crippen molar-refractivity contribution in [3.8, 4) is 11.5 Å². The molecule has 2 aromatic rings. The Balaban J connectivity index is 1.35. The molecular formula is C26H33N3O3. The molecule has 0 saturated carbocycles. The van der Waals surface area contributed by atoms with Gasteiger partial charge < -0.3 is 19.7 Å². The summed E-state index contributed by atoms with van der Waals surface area (Å²) in [7, 11) is 1.60. The van der Waals surface area contributed by atoms with Crippen LogP contribution in [-0.4, -0.2) is 63.8 Å². The van der Waals surface area contributed by atoms with E-state index in [0.29, 0.717) is 24.7 Å². The van der Waals surface area contributed by atoms with E-state index >= 15 is 0 Å². The number of rotatable bonds is 11. The monoisotopic (exact) mass is 435 g/mol. The van der Waals surface area contributed by atoms with Gasteiger partial charge >= 0.3 is 0 Å². The summed E-state index contributed by atoms with van der Waals surface area (Å²) in [6, 6.07) is 16.1. The van der Waals surface area contributed by atoms with Crippen molar-refractivity contribution in [3.05, 3.63) is 72.8 Å². The number of carbonyl (C=O) groups excluding carboxylic acids is 1. The lowest BCUT2D eigenvalue weighted by Crippen LogP contribution is -2.47. The van der Waals surface area contributed by atoms with Crippen molar-refractivity contribution in [2.45, 2.75) is 6.42 Å². The smallest absolute Gasteiger partial charge is 0.243 e. The maximum absolute atomic E-state index is 12.1. The minimum absolute atomic E-state index is 0.0927. The summed E-state index contributed by atoms with van der Waals surface area (Å²) in [6.45, 7) is 9.91. The average Bonchev–Trinajstić information content (AvgIpc) is 2.85. The fourth-order valence-corrected chi connectivity index (χ4v) is 3.67. The van der Waals surface area contributed by atoms with Crippen molar-refractivity contribution in [1.82, 2.24) is 10.2 Å². The van der Waals surface area contributed by atoms with Gasteiger partial charge in [-0.05, 0) is 48.9 Å². The summed E-state index contributed by atoms with van der Waals surface area (Å²) in [5.41, 5.74) is 2.17. The van der Waals surface area contributed by atoms with E-state index in [-0.39, 0.29) is 5.91 Å². The highest BCUT2D eigenvalue weighted by Crippen LogP contribution is 2.28. The standard InChI is InChI=1S/C26H33N3O3/c1-3-20-32-24-12-10-22(21-25(24)31-2)11-13-26(30)27-14-7-15-28-16-18-29(19-17-28)23-8-5-4-6-9-23/h3-6,8-13,21H,1,7,14-20H2,2H3,(H,27,30)/b13-11+. The molecule has 3 rings (SSSR count). The highest BCUT2D eigenvalue weighted by atomic mass is 16.5. The summed E-state index contributed by atoms with van der Waals surface area (Å²) in [5.74, 6) is 1.19. The number of anilines is 1. The van der Waals surface area contributed by atoms with Crippen molar-refractivity contribution >= 4 is 17.7 Å². The number of hydrogen-bond donors (Lipinski definition) is 1. The Morgan fingerprint density at radius 3 is 2.59 bits per heavy atom. The molecular weight excluding hydrogens is 402 g/mol. The number of carbonyl (C=O) groups is 1. The maximum atomic E-state index is 12.1. The molecule has 1 N–H and O–H groups in total. The average molecular weight is 436 g/mol. The number of ether oxygens (including phenoxy) is 2. The molecule has 2 aromatic carbocycles. The van der Waals surface area contributed by atoms with Crippen LogP contribution in [0.1, 0.15) is 12.0 Å². The van der Waals surface area contributed by atoms with Crippen molar-refractivity contribution < 1.29 is 14.3 Å². The predicted molar refractivity (Wildman–Crippen MR) is 130 cm³/mol. The van der Waals surface area contributed by atoms with Crippen LogP contribution in [0.4, 0.5) is 5.69 Å². The molecule has 170 valence electrons. The topological polar surface area (TPSA) is 54.0 Å². The molecule has 1 aliphatic heterocycles. The Kier molecular flexibility index (Phi) is 9.20. The van der Waals surface area contributed by atoms with Gasteiger partial charge in [-0.1, -0.05) is 36.9 Å². The third-order valence-electron chi connectivity index (χ3n) is 5.42. The van der Waals surface area contributed by atoms with Crippen LogP contribution < -0.4 is 19.7 Å². The first-order chi connectivity index (χ1) is 15.7. The van der Waals surface area contributed by atoms with Gasteiger partial charge in [-0.25, -0.2) is 0 Å². The van der Waals surface area contributed by atoms with E-state index < -0.39 is 0 Å². The van der Waals surface area contributed by atoms with E-state index in [4.69, 9.17) is 9.47 Å². The van der Waals surface area contributed by atoms with Gasteiger partial charge in [0, 0.05) is 44.5 Å². The predicted octanol–water partition coefficient (Wildman–Crippen LogP) is 3.60. The highest BCUT2D eigenvalue weighted by Gasteiger charge is 2.16. The van der Waals surface area contributed by atoms with Gasteiger partial charge in [0.05, 0.1) is 7.11 Å². The summed E-state index contributed by atoms with van der Waals surface area (Å²) in [5, 5.41) is 2.97. The fraction of sp³-hybridized carbons (Fsp3) is 0.346. The van der Waals surface area contributed by atoms with Gasteiger partial charge in [0.25, 0.3) is 0 Å². The molecule has 1 saturated heterocycles. The largest absolute Gasteiger partial charge is 0.493 e. The second-order valence-corrected chi connectivity index (χ2v) is 7.65. The fourth-order valence-electron chi connectivity index (χ4n) is 3.67. The Morgan fingerprint density at radius 2 is 1.88 bits per heavy atom. The first-order valence-corrected chi connectivity index (χ1v) is 11.1. The first kappa shape index (κ1) is 23.4. The molecule has 0 spiro atoms. The van der Waals surface area contributed by atoms with Crippen LogP contribution >= 0.6 is 0 Å². The van der Waals surface area contributed by atoms with Crippen LogP contribution in [0.2, 0.25) is 0 Å². The molecule has 6 nitrogen and oxygen atoms in total.